The van der Waals surface area contributed by atoms with Gasteiger partial charge >= 0.3 is 0 Å². The van der Waals surface area contributed by atoms with E-state index in [1.165, 1.54) is 0 Å². The summed E-state index contributed by atoms with van der Waals surface area (Å²) in [4.78, 5) is 14.2. The number of piperidine rings is 1. The average molecular weight is 338 g/mol. The Bertz CT molecular complexity index is 468. The molecule has 3 nitrogen and oxygen atoms in total. The number of carbonyl (C=O) groups excluding carboxylic acids is 1. The van der Waals surface area contributed by atoms with Crippen LogP contribution in [0, 0.1) is 0 Å². The van der Waals surface area contributed by atoms with Crippen LogP contribution >= 0.6 is 15.9 Å². The minimum Gasteiger partial charge on any atom is -0.396 e. The Morgan fingerprint density at radius 3 is 2.80 bits per heavy atom. The van der Waals surface area contributed by atoms with Gasteiger partial charge in [0.1, 0.15) is 0 Å². The van der Waals surface area contributed by atoms with Crippen LogP contribution in [0.15, 0.2) is 34.8 Å². The highest BCUT2D eigenvalue weighted by molar-refractivity contribution is 9.10. The van der Waals surface area contributed by atoms with Crippen LogP contribution in [-0.2, 0) is 4.79 Å². The monoisotopic (exact) mass is 337 g/mol. The van der Waals surface area contributed by atoms with Crippen molar-refractivity contribution in [1.29, 1.82) is 0 Å². The summed E-state index contributed by atoms with van der Waals surface area (Å²) in [6.45, 7) is 0.944. The summed E-state index contributed by atoms with van der Waals surface area (Å²) < 4.78 is 1.03. The van der Waals surface area contributed by atoms with E-state index in [1.54, 1.807) is 6.08 Å². The van der Waals surface area contributed by atoms with Gasteiger partial charge in [-0.25, -0.2) is 0 Å². The SMILES string of the molecule is O=C(/C=C/c1ccc(Br)cc1)N1CCCCC1CCO. The Morgan fingerprint density at radius 1 is 1.35 bits per heavy atom. The van der Waals surface area contributed by atoms with E-state index in [-0.39, 0.29) is 18.6 Å². The van der Waals surface area contributed by atoms with E-state index in [9.17, 15) is 4.79 Å². The Balaban J connectivity index is 2.00. The molecule has 1 N–H and O–H groups in total. The molecule has 1 amide bonds. The molecule has 1 aromatic rings. The van der Waals surface area contributed by atoms with Crippen molar-refractivity contribution >= 4 is 27.9 Å². The molecule has 1 aliphatic heterocycles. The van der Waals surface area contributed by atoms with Crippen molar-refractivity contribution in [3.8, 4) is 0 Å². The molecule has 108 valence electrons. The zero-order valence-electron chi connectivity index (χ0n) is 11.5. The van der Waals surface area contributed by atoms with Crippen molar-refractivity contribution in [1.82, 2.24) is 4.90 Å². The molecule has 2 rings (SSSR count). The lowest BCUT2D eigenvalue weighted by molar-refractivity contribution is -0.129. The molecule has 1 atom stereocenters. The number of halogens is 1. The number of rotatable bonds is 4. The lowest BCUT2D eigenvalue weighted by Crippen LogP contribution is -2.43. The first-order valence-corrected chi connectivity index (χ1v) is 7.85. The second-order valence-corrected chi connectivity index (χ2v) is 5.99. The summed E-state index contributed by atoms with van der Waals surface area (Å²) in [5.74, 6) is 0.0473. The molecule has 1 fully saturated rings. The van der Waals surface area contributed by atoms with Crippen molar-refractivity contribution < 1.29 is 9.90 Å². The minimum atomic E-state index is 0.0473. The van der Waals surface area contributed by atoms with Crippen molar-refractivity contribution in [3.05, 3.63) is 40.4 Å². The molecular formula is C16H20BrNO2. The van der Waals surface area contributed by atoms with Crippen LogP contribution in [-0.4, -0.2) is 35.1 Å². The van der Waals surface area contributed by atoms with Crippen LogP contribution in [0.5, 0.6) is 0 Å². The number of hydrogen-bond acceptors (Lipinski definition) is 2. The minimum absolute atomic E-state index is 0.0473. The maximum absolute atomic E-state index is 12.3. The van der Waals surface area contributed by atoms with E-state index in [0.717, 1.165) is 35.8 Å². The highest BCUT2D eigenvalue weighted by atomic mass is 79.9. The number of amides is 1. The molecule has 4 heteroatoms. The Hall–Kier alpha value is -1.13. The van der Waals surface area contributed by atoms with E-state index in [4.69, 9.17) is 5.11 Å². The highest BCUT2D eigenvalue weighted by Crippen LogP contribution is 2.20. The van der Waals surface area contributed by atoms with E-state index in [2.05, 4.69) is 15.9 Å². The molecule has 1 unspecified atom stereocenters. The molecular weight excluding hydrogens is 318 g/mol. The normalized spacial score (nSPS) is 19.5. The third-order valence-corrected chi connectivity index (χ3v) is 4.19. The first-order valence-electron chi connectivity index (χ1n) is 7.06. The number of carbonyl (C=O) groups is 1. The standard InChI is InChI=1S/C16H20BrNO2/c17-14-7-4-13(5-8-14)6-9-16(20)18-11-2-1-3-15(18)10-12-19/h4-9,15,19H,1-3,10-12H2/b9-6+. The number of hydrogen-bond donors (Lipinski definition) is 1. The molecule has 0 spiro atoms. The Labute approximate surface area is 128 Å². The average Bonchev–Trinajstić information content (AvgIpc) is 2.47. The Kier molecular flexibility index (Phi) is 5.80. The number of benzene rings is 1. The number of aliphatic hydroxyl groups is 1. The van der Waals surface area contributed by atoms with Gasteiger partial charge in [-0.1, -0.05) is 28.1 Å². The van der Waals surface area contributed by atoms with Gasteiger partial charge in [-0.2, -0.15) is 0 Å². The summed E-state index contributed by atoms with van der Waals surface area (Å²) in [6, 6.07) is 8.04. The maximum atomic E-state index is 12.3. The van der Waals surface area contributed by atoms with Gasteiger partial charge in [0.05, 0.1) is 0 Å². The molecule has 1 aliphatic rings. The van der Waals surface area contributed by atoms with Gasteiger partial charge in [-0.15, -0.1) is 0 Å². The molecule has 1 saturated heterocycles. The van der Waals surface area contributed by atoms with Crippen molar-refractivity contribution in [2.75, 3.05) is 13.2 Å². The van der Waals surface area contributed by atoms with E-state index >= 15 is 0 Å². The fourth-order valence-corrected chi connectivity index (χ4v) is 2.84. The summed E-state index contributed by atoms with van der Waals surface area (Å²) in [5.41, 5.74) is 1.01. The van der Waals surface area contributed by atoms with Gasteiger partial charge in [-0.3, -0.25) is 4.79 Å². The smallest absolute Gasteiger partial charge is 0.246 e. The molecule has 0 aromatic heterocycles. The summed E-state index contributed by atoms with van der Waals surface area (Å²) >= 11 is 3.39. The molecule has 0 aliphatic carbocycles. The first kappa shape index (κ1) is 15.3. The number of aliphatic hydroxyl groups excluding tert-OH is 1. The molecule has 0 bridgehead atoms. The van der Waals surface area contributed by atoms with Gasteiger partial charge in [-0.05, 0) is 49.5 Å². The quantitative estimate of drug-likeness (QED) is 0.857. The molecule has 20 heavy (non-hydrogen) atoms. The van der Waals surface area contributed by atoms with Crippen LogP contribution in [0.4, 0.5) is 0 Å². The molecule has 0 saturated carbocycles. The fraction of sp³-hybridized carbons (Fsp3) is 0.438. The van der Waals surface area contributed by atoms with Gasteiger partial charge < -0.3 is 10.0 Å². The molecule has 0 radical (unpaired) electrons. The summed E-state index contributed by atoms with van der Waals surface area (Å²) in [6.07, 6.45) is 7.36. The van der Waals surface area contributed by atoms with Crippen LogP contribution < -0.4 is 0 Å². The Morgan fingerprint density at radius 2 is 2.10 bits per heavy atom. The van der Waals surface area contributed by atoms with Crippen LogP contribution in [0.3, 0.4) is 0 Å². The number of nitrogens with zero attached hydrogens (tertiary/aromatic N) is 1. The predicted molar refractivity (Wildman–Crippen MR) is 84.2 cm³/mol. The zero-order chi connectivity index (χ0) is 14.4. The lowest BCUT2D eigenvalue weighted by atomic mass is 9.99. The summed E-state index contributed by atoms with van der Waals surface area (Å²) in [7, 11) is 0. The highest BCUT2D eigenvalue weighted by Gasteiger charge is 2.24. The molecule has 1 heterocycles. The second-order valence-electron chi connectivity index (χ2n) is 5.08. The predicted octanol–water partition coefficient (Wildman–Crippen LogP) is 3.23. The third kappa shape index (κ3) is 4.18. The van der Waals surface area contributed by atoms with Crippen molar-refractivity contribution in [2.45, 2.75) is 31.7 Å². The molecule has 1 aromatic carbocycles. The van der Waals surface area contributed by atoms with Gasteiger partial charge in [0.2, 0.25) is 5.91 Å². The maximum Gasteiger partial charge on any atom is 0.246 e. The number of likely N-dealkylation sites (tertiary alicyclic amines) is 1. The second kappa shape index (κ2) is 7.60. The van der Waals surface area contributed by atoms with Crippen LogP contribution in [0.1, 0.15) is 31.2 Å². The van der Waals surface area contributed by atoms with Gasteiger partial charge in [0.25, 0.3) is 0 Å². The van der Waals surface area contributed by atoms with E-state index < -0.39 is 0 Å². The fourth-order valence-electron chi connectivity index (χ4n) is 2.58. The zero-order valence-corrected chi connectivity index (χ0v) is 13.1. The first-order chi connectivity index (χ1) is 9.70. The third-order valence-electron chi connectivity index (χ3n) is 3.66. The van der Waals surface area contributed by atoms with Crippen molar-refractivity contribution in [3.63, 3.8) is 0 Å². The van der Waals surface area contributed by atoms with Gasteiger partial charge in [0.15, 0.2) is 0 Å². The topological polar surface area (TPSA) is 40.5 Å². The van der Waals surface area contributed by atoms with Crippen LogP contribution in [0.25, 0.3) is 6.08 Å². The van der Waals surface area contributed by atoms with E-state index in [0.29, 0.717) is 6.42 Å². The lowest BCUT2D eigenvalue weighted by Gasteiger charge is -2.34. The van der Waals surface area contributed by atoms with Crippen LogP contribution in [0.2, 0.25) is 0 Å². The van der Waals surface area contributed by atoms with Crippen molar-refractivity contribution in [2.24, 2.45) is 0 Å². The van der Waals surface area contributed by atoms with E-state index in [1.807, 2.05) is 35.2 Å². The largest absolute Gasteiger partial charge is 0.396 e. The van der Waals surface area contributed by atoms with Gasteiger partial charge in [0, 0.05) is 29.7 Å². The summed E-state index contributed by atoms with van der Waals surface area (Å²) in [5, 5.41) is 9.09.